The van der Waals surface area contributed by atoms with Crippen molar-refractivity contribution in [2.45, 2.75) is 132 Å². The maximum atomic E-state index is 14.7. The number of halogens is 1. The van der Waals surface area contributed by atoms with Gasteiger partial charge in [0.15, 0.2) is 0 Å². The molecule has 1 aromatic heterocycles. The van der Waals surface area contributed by atoms with E-state index < -0.39 is 11.2 Å². The number of nitrogens with one attached hydrogen (secondary N) is 1. The Bertz CT molecular complexity index is 1730. The Hall–Kier alpha value is -3.71. The normalized spacial score (nSPS) is 20.1. The summed E-state index contributed by atoms with van der Waals surface area (Å²) in [6.45, 7) is 30.8. The number of fused-ring (bicyclic) bond motifs is 1. The number of carbonyl (C=O) groups is 1. The third-order valence-electron chi connectivity index (χ3n) is 10.7. The first-order valence-electron chi connectivity index (χ1n) is 18.5. The van der Waals surface area contributed by atoms with Gasteiger partial charge in [0.2, 0.25) is 5.91 Å². The predicted octanol–water partition coefficient (Wildman–Crippen LogP) is 9.02. The van der Waals surface area contributed by atoms with Gasteiger partial charge in [0, 0.05) is 23.5 Å². The van der Waals surface area contributed by atoms with Crippen LogP contribution in [0.25, 0.3) is 17.3 Å². The number of carbonyl (C=O) groups excluding carboxylic acids is 1. The first-order valence-corrected chi connectivity index (χ1v) is 18.5. The van der Waals surface area contributed by atoms with Crippen LogP contribution in [0.4, 0.5) is 10.1 Å². The number of aliphatic hydroxyl groups is 1. The zero-order valence-corrected chi connectivity index (χ0v) is 32.7. The largest absolute Gasteiger partial charge is 0.392 e. The third kappa shape index (κ3) is 9.14. The number of aliphatic hydroxyl groups excluding tert-OH is 1. The van der Waals surface area contributed by atoms with Gasteiger partial charge in [0.1, 0.15) is 5.83 Å². The predicted molar refractivity (Wildman–Crippen MR) is 209 cm³/mol. The monoisotopic (exact) mass is 686 g/mol. The Labute approximate surface area is 301 Å². The SMILES string of the molecule is C=C/C(F)=C(\C=C(/C)CO)N/C(C)=c1/c(=C\C(=C)c2ccc3c(c2)N(C2CC(CCC)C2)C(=O)C3(C)C)ncn1C(C)C.CCC(C)(C)CC. The number of anilines is 1. The molecule has 7 heteroatoms. The molecule has 0 radical (unpaired) electrons. The lowest BCUT2D eigenvalue weighted by Crippen LogP contribution is -2.49. The Morgan fingerprint density at radius 3 is 2.34 bits per heavy atom. The number of benzene rings is 1. The molecule has 2 N–H and O–H groups in total. The van der Waals surface area contributed by atoms with Crippen molar-refractivity contribution in [2.24, 2.45) is 11.3 Å². The first kappa shape index (κ1) is 40.7. The molecule has 0 spiro atoms. The van der Waals surface area contributed by atoms with Gasteiger partial charge in [-0.25, -0.2) is 9.37 Å². The number of hydrogen-bond donors (Lipinski definition) is 2. The van der Waals surface area contributed by atoms with Crippen LogP contribution < -0.4 is 20.9 Å². The molecule has 1 fully saturated rings. The molecule has 0 atom stereocenters. The van der Waals surface area contributed by atoms with Crippen molar-refractivity contribution in [1.29, 1.82) is 0 Å². The number of rotatable bonds is 13. The van der Waals surface area contributed by atoms with E-state index in [2.05, 4.69) is 79.1 Å². The summed E-state index contributed by atoms with van der Waals surface area (Å²) in [5.41, 5.74) is 5.27. The molecule has 1 aromatic carbocycles. The lowest BCUT2D eigenvalue weighted by Gasteiger charge is -2.42. The summed E-state index contributed by atoms with van der Waals surface area (Å²) < 4.78 is 16.8. The van der Waals surface area contributed by atoms with Crippen molar-refractivity contribution < 1.29 is 14.3 Å². The highest BCUT2D eigenvalue weighted by Gasteiger charge is 2.49. The number of nitrogens with zero attached hydrogens (tertiary/aromatic N) is 3. The molecule has 0 bridgehead atoms. The molecular weight excluding hydrogens is 623 g/mol. The molecule has 50 heavy (non-hydrogen) atoms. The van der Waals surface area contributed by atoms with Crippen LogP contribution in [0.2, 0.25) is 0 Å². The molecule has 4 rings (SSSR count). The molecule has 274 valence electrons. The quantitative estimate of drug-likeness (QED) is 0.207. The fraction of sp³-hybridized carbons (Fsp3) is 0.535. The molecule has 1 saturated carbocycles. The van der Waals surface area contributed by atoms with Crippen LogP contribution in [0.3, 0.4) is 0 Å². The van der Waals surface area contributed by atoms with Crippen LogP contribution in [0.15, 0.2) is 66.9 Å². The Kier molecular flexibility index (Phi) is 13.8. The number of hydrogen-bond acceptors (Lipinski definition) is 4. The van der Waals surface area contributed by atoms with Gasteiger partial charge in [-0.3, -0.25) is 4.79 Å². The number of imidazole rings is 1. The summed E-state index contributed by atoms with van der Waals surface area (Å²) in [5.74, 6) is 0.345. The standard InChI is InChI=1S/C36H47FN4O2.C7H16/c1-10-12-26-17-28(18-26)41-33-19-27(13-14-29(33)36(8,9)35(41)43)24(6)16-32-34(40(21-38-32)22(3)4)25(7)39-31(30(37)11-2)15-23(5)20-42;1-5-7(3,4)6-2/h11,13-16,19,21-22,26,28,39,42H,2,6,10,12,17-18,20H2,1,3-5,7-9H3;5-6H2,1-4H3/b23-15+,31-30-,32-16+,34-25-;. The van der Waals surface area contributed by atoms with E-state index in [1.54, 1.807) is 19.3 Å². The maximum absolute atomic E-state index is 14.7. The molecule has 0 saturated heterocycles. The van der Waals surface area contributed by atoms with E-state index in [1.807, 2.05) is 42.4 Å². The third-order valence-corrected chi connectivity index (χ3v) is 10.7. The highest BCUT2D eigenvalue weighted by atomic mass is 19.1. The smallest absolute Gasteiger partial charge is 0.237 e. The maximum Gasteiger partial charge on any atom is 0.237 e. The van der Waals surface area contributed by atoms with Crippen LogP contribution in [-0.2, 0) is 10.2 Å². The van der Waals surface area contributed by atoms with E-state index in [1.165, 1.54) is 25.7 Å². The number of allylic oxidation sites excluding steroid dienone is 4. The molecule has 0 unspecified atom stereocenters. The fourth-order valence-electron chi connectivity index (χ4n) is 6.49. The van der Waals surface area contributed by atoms with Crippen molar-refractivity contribution in [3.8, 4) is 0 Å². The van der Waals surface area contributed by atoms with Gasteiger partial charge in [-0.1, -0.05) is 85.6 Å². The van der Waals surface area contributed by atoms with Gasteiger partial charge in [0.05, 0.1) is 34.7 Å². The van der Waals surface area contributed by atoms with Crippen molar-refractivity contribution in [3.05, 3.63) is 88.8 Å². The summed E-state index contributed by atoms with van der Waals surface area (Å²) in [7, 11) is 0. The first-order chi connectivity index (χ1) is 23.5. The molecule has 2 heterocycles. The van der Waals surface area contributed by atoms with Gasteiger partial charge in [-0.2, -0.15) is 0 Å². The van der Waals surface area contributed by atoms with Crippen molar-refractivity contribution >= 4 is 28.9 Å². The lowest BCUT2D eigenvalue weighted by atomic mass is 9.76. The van der Waals surface area contributed by atoms with Crippen LogP contribution >= 0.6 is 0 Å². The van der Waals surface area contributed by atoms with Crippen LogP contribution in [-0.4, -0.2) is 33.2 Å². The number of aromatic nitrogens is 2. The van der Waals surface area contributed by atoms with Gasteiger partial charge < -0.3 is 19.9 Å². The molecule has 1 amide bonds. The average molecular weight is 687 g/mol. The summed E-state index contributed by atoms with van der Waals surface area (Å²) in [6.07, 6.45) is 13.5. The second-order valence-electron chi connectivity index (χ2n) is 15.7. The second-order valence-corrected chi connectivity index (χ2v) is 15.7. The van der Waals surface area contributed by atoms with E-state index in [0.717, 1.165) is 46.7 Å². The van der Waals surface area contributed by atoms with E-state index >= 15 is 0 Å². The van der Waals surface area contributed by atoms with Gasteiger partial charge in [0.25, 0.3) is 0 Å². The molecular formula is C43H63FN4O2. The van der Waals surface area contributed by atoms with Gasteiger partial charge >= 0.3 is 0 Å². The highest BCUT2D eigenvalue weighted by Crippen LogP contribution is 2.48. The molecule has 2 aliphatic rings. The minimum atomic E-state index is -0.565. The molecule has 1 aliphatic carbocycles. The molecule has 1 aliphatic heterocycles. The Morgan fingerprint density at radius 2 is 1.82 bits per heavy atom. The van der Waals surface area contributed by atoms with Crippen molar-refractivity contribution in [2.75, 3.05) is 11.5 Å². The van der Waals surface area contributed by atoms with Crippen LogP contribution in [0.5, 0.6) is 0 Å². The molecule has 2 aromatic rings. The van der Waals surface area contributed by atoms with E-state index in [0.29, 0.717) is 28.0 Å². The summed E-state index contributed by atoms with van der Waals surface area (Å²) in [5, 5.41) is 14.2. The minimum absolute atomic E-state index is 0.0990. The Balaban J connectivity index is 0.000000872. The van der Waals surface area contributed by atoms with Crippen molar-refractivity contribution in [3.63, 3.8) is 0 Å². The number of amides is 1. The summed E-state index contributed by atoms with van der Waals surface area (Å²) in [4.78, 5) is 20.4. The fourth-order valence-corrected chi connectivity index (χ4v) is 6.49. The van der Waals surface area contributed by atoms with Crippen molar-refractivity contribution in [1.82, 2.24) is 14.9 Å². The van der Waals surface area contributed by atoms with Crippen LogP contribution in [0, 0.1) is 11.3 Å². The van der Waals surface area contributed by atoms with E-state index in [4.69, 9.17) is 4.98 Å². The molecule has 6 nitrogen and oxygen atoms in total. The second kappa shape index (κ2) is 17.0. The summed E-state index contributed by atoms with van der Waals surface area (Å²) >= 11 is 0. The van der Waals surface area contributed by atoms with E-state index in [9.17, 15) is 14.3 Å². The van der Waals surface area contributed by atoms with Gasteiger partial charge in [-0.15, -0.1) is 0 Å². The highest BCUT2D eigenvalue weighted by molar-refractivity contribution is 6.08. The zero-order chi connectivity index (χ0) is 37.6. The average Bonchev–Trinajstić information content (AvgIpc) is 3.57. The zero-order valence-electron chi connectivity index (χ0n) is 32.7. The van der Waals surface area contributed by atoms with E-state index in [-0.39, 0.29) is 30.3 Å². The minimum Gasteiger partial charge on any atom is -0.392 e. The van der Waals surface area contributed by atoms with Crippen LogP contribution in [0.1, 0.15) is 132 Å². The van der Waals surface area contributed by atoms with Gasteiger partial charge in [-0.05, 0) is 112 Å². The lowest BCUT2D eigenvalue weighted by molar-refractivity contribution is -0.123. The summed E-state index contributed by atoms with van der Waals surface area (Å²) in [6, 6.07) is 6.55. The topological polar surface area (TPSA) is 70.4 Å². The Morgan fingerprint density at radius 1 is 1.18 bits per heavy atom.